The van der Waals surface area contributed by atoms with E-state index in [1.165, 1.54) is 0 Å². The molecule has 0 heterocycles. The van der Waals surface area contributed by atoms with E-state index in [0.717, 1.165) is 32.3 Å². The normalized spacial score (nSPS) is 16.5. The number of hydrogen-bond acceptors (Lipinski definition) is 3. The average molecular weight is 245 g/mol. The Balaban J connectivity index is 3.58. The van der Waals surface area contributed by atoms with Crippen molar-refractivity contribution < 1.29 is 14.6 Å². The molecule has 0 saturated heterocycles. The third-order valence-corrected chi connectivity index (χ3v) is 3.02. The molecule has 0 saturated carbocycles. The minimum absolute atomic E-state index is 0.229. The number of methoxy groups -OCH3 is 1. The first-order valence-corrected chi connectivity index (χ1v) is 6.45. The van der Waals surface area contributed by atoms with Crippen molar-refractivity contribution in [2.24, 2.45) is 5.92 Å². The van der Waals surface area contributed by atoms with Gasteiger partial charge in [0, 0.05) is 25.8 Å². The third kappa shape index (κ3) is 9.12. The summed E-state index contributed by atoms with van der Waals surface area (Å²) in [5.74, 6) is -0.924. The van der Waals surface area contributed by atoms with Crippen LogP contribution in [-0.2, 0) is 9.53 Å². The highest BCUT2D eigenvalue weighted by Gasteiger charge is 2.12. The van der Waals surface area contributed by atoms with Gasteiger partial charge in [0.15, 0.2) is 0 Å². The molecular formula is C13H27NO3. The smallest absolute Gasteiger partial charge is 0.306 e. The van der Waals surface area contributed by atoms with Crippen molar-refractivity contribution >= 4 is 5.97 Å². The van der Waals surface area contributed by atoms with Crippen LogP contribution in [0.3, 0.4) is 0 Å². The zero-order chi connectivity index (χ0) is 13.3. The molecular weight excluding hydrogens is 218 g/mol. The maximum atomic E-state index is 10.6. The topological polar surface area (TPSA) is 58.6 Å². The van der Waals surface area contributed by atoms with E-state index < -0.39 is 5.97 Å². The average Bonchev–Trinajstić information content (AvgIpc) is 2.25. The molecule has 0 bridgehead atoms. The van der Waals surface area contributed by atoms with Crippen LogP contribution in [0.5, 0.6) is 0 Å². The van der Waals surface area contributed by atoms with E-state index in [0.29, 0.717) is 12.1 Å². The number of carboxylic acids is 1. The monoisotopic (exact) mass is 245 g/mol. The highest BCUT2D eigenvalue weighted by atomic mass is 16.5. The quantitative estimate of drug-likeness (QED) is 0.620. The van der Waals surface area contributed by atoms with E-state index in [4.69, 9.17) is 9.84 Å². The Bertz CT molecular complexity index is 209. The van der Waals surface area contributed by atoms with Crippen LogP contribution in [0.25, 0.3) is 0 Å². The van der Waals surface area contributed by atoms with Gasteiger partial charge in [0.05, 0.1) is 5.92 Å². The van der Waals surface area contributed by atoms with Gasteiger partial charge in [-0.05, 0) is 33.1 Å². The Kier molecular flexibility index (Phi) is 9.09. The molecule has 17 heavy (non-hydrogen) atoms. The molecule has 0 amide bonds. The van der Waals surface area contributed by atoms with Gasteiger partial charge < -0.3 is 15.2 Å². The van der Waals surface area contributed by atoms with Crippen LogP contribution in [-0.4, -0.2) is 36.9 Å². The molecule has 4 nitrogen and oxygen atoms in total. The number of rotatable bonds is 10. The van der Waals surface area contributed by atoms with E-state index >= 15 is 0 Å². The summed E-state index contributed by atoms with van der Waals surface area (Å²) in [5.41, 5.74) is 0. The van der Waals surface area contributed by atoms with Crippen molar-refractivity contribution in [3.63, 3.8) is 0 Å². The van der Waals surface area contributed by atoms with Gasteiger partial charge in [-0.3, -0.25) is 4.79 Å². The van der Waals surface area contributed by atoms with E-state index in [9.17, 15) is 4.79 Å². The maximum absolute atomic E-state index is 10.6. The van der Waals surface area contributed by atoms with E-state index in [1.807, 2.05) is 0 Å². The summed E-state index contributed by atoms with van der Waals surface area (Å²) in [6, 6.07) is 0.879. The summed E-state index contributed by atoms with van der Waals surface area (Å²) >= 11 is 0. The first-order valence-electron chi connectivity index (χ1n) is 6.45. The number of carboxylic acid groups (broad SMARTS) is 1. The lowest BCUT2D eigenvalue weighted by molar-refractivity contribution is -0.141. The SMILES string of the molecule is COCCC(C)NC(C)CCCC(C)C(=O)O. The first kappa shape index (κ1) is 16.4. The van der Waals surface area contributed by atoms with Gasteiger partial charge in [-0.15, -0.1) is 0 Å². The van der Waals surface area contributed by atoms with Crippen LogP contribution in [0.15, 0.2) is 0 Å². The molecule has 0 rings (SSSR count). The van der Waals surface area contributed by atoms with Gasteiger partial charge in [-0.25, -0.2) is 0 Å². The summed E-state index contributed by atoms with van der Waals surface area (Å²) in [4.78, 5) is 10.6. The Morgan fingerprint density at radius 2 is 1.76 bits per heavy atom. The highest BCUT2D eigenvalue weighted by Crippen LogP contribution is 2.10. The van der Waals surface area contributed by atoms with E-state index in [1.54, 1.807) is 14.0 Å². The van der Waals surface area contributed by atoms with Crippen molar-refractivity contribution in [1.29, 1.82) is 0 Å². The lowest BCUT2D eigenvalue weighted by atomic mass is 10.0. The molecule has 0 aliphatic heterocycles. The van der Waals surface area contributed by atoms with Crippen LogP contribution in [0.4, 0.5) is 0 Å². The molecule has 0 aromatic heterocycles. The molecule has 4 heteroatoms. The first-order chi connectivity index (χ1) is 7.97. The molecule has 0 fully saturated rings. The minimum atomic E-state index is -0.695. The van der Waals surface area contributed by atoms with Crippen LogP contribution < -0.4 is 5.32 Å². The molecule has 0 radical (unpaired) electrons. The number of ether oxygens (including phenoxy) is 1. The number of hydrogen-bond donors (Lipinski definition) is 2. The summed E-state index contributed by atoms with van der Waals surface area (Å²) < 4.78 is 5.03. The van der Waals surface area contributed by atoms with Crippen molar-refractivity contribution in [2.75, 3.05) is 13.7 Å². The largest absolute Gasteiger partial charge is 0.481 e. The van der Waals surface area contributed by atoms with Gasteiger partial charge in [0.1, 0.15) is 0 Å². The van der Waals surface area contributed by atoms with Crippen molar-refractivity contribution in [1.82, 2.24) is 5.32 Å². The number of aliphatic carboxylic acids is 1. The second kappa shape index (κ2) is 9.42. The summed E-state index contributed by atoms with van der Waals surface area (Å²) in [6.45, 7) is 6.84. The predicted molar refractivity (Wildman–Crippen MR) is 69.2 cm³/mol. The zero-order valence-electron chi connectivity index (χ0n) is 11.5. The van der Waals surface area contributed by atoms with Crippen LogP contribution in [0, 0.1) is 5.92 Å². The van der Waals surface area contributed by atoms with Gasteiger partial charge in [0.25, 0.3) is 0 Å². The van der Waals surface area contributed by atoms with Gasteiger partial charge in [0.2, 0.25) is 0 Å². The predicted octanol–water partition coefficient (Wildman–Crippen LogP) is 2.28. The van der Waals surface area contributed by atoms with Crippen LogP contribution >= 0.6 is 0 Å². The Morgan fingerprint density at radius 1 is 1.18 bits per heavy atom. The third-order valence-electron chi connectivity index (χ3n) is 3.02. The summed E-state index contributed by atoms with van der Waals surface area (Å²) in [5, 5.41) is 12.3. The molecule has 0 aliphatic carbocycles. The van der Waals surface area contributed by atoms with Crippen LogP contribution in [0.2, 0.25) is 0 Å². The second-order valence-corrected chi connectivity index (χ2v) is 4.92. The lowest BCUT2D eigenvalue weighted by Crippen LogP contribution is -2.35. The van der Waals surface area contributed by atoms with E-state index in [-0.39, 0.29) is 5.92 Å². The van der Waals surface area contributed by atoms with Gasteiger partial charge in [-0.2, -0.15) is 0 Å². The molecule has 2 N–H and O–H groups in total. The van der Waals surface area contributed by atoms with Crippen LogP contribution in [0.1, 0.15) is 46.5 Å². The fourth-order valence-electron chi connectivity index (χ4n) is 1.80. The fourth-order valence-corrected chi connectivity index (χ4v) is 1.80. The highest BCUT2D eigenvalue weighted by molar-refractivity contribution is 5.69. The molecule has 3 atom stereocenters. The molecule has 0 spiro atoms. The molecule has 0 aliphatic rings. The summed E-state index contributed by atoms with van der Waals surface area (Å²) in [6.07, 6.45) is 3.74. The van der Waals surface area contributed by atoms with Crippen molar-refractivity contribution in [3.8, 4) is 0 Å². The van der Waals surface area contributed by atoms with Crippen molar-refractivity contribution in [3.05, 3.63) is 0 Å². The number of nitrogens with one attached hydrogen (secondary N) is 1. The van der Waals surface area contributed by atoms with E-state index in [2.05, 4.69) is 19.2 Å². The Labute approximate surface area is 105 Å². The molecule has 0 aromatic carbocycles. The zero-order valence-corrected chi connectivity index (χ0v) is 11.5. The Hall–Kier alpha value is -0.610. The molecule has 3 unspecified atom stereocenters. The number of carbonyl (C=O) groups is 1. The molecule has 102 valence electrons. The standard InChI is InChI=1S/C13H27NO3/c1-10(13(15)16)6-5-7-11(2)14-12(3)8-9-17-4/h10-12,14H,5-9H2,1-4H3,(H,15,16). The molecule has 0 aromatic rings. The maximum Gasteiger partial charge on any atom is 0.306 e. The lowest BCUT2D eigenvalue weighted by Gasteiger charge is -2.20. The van der Waals surface area contributed by atoms with Gasteiger partial charge in [-0.1, -0.05) is 13.3 Å². The van der Waals surface area contributed by atoms with Crippen molar-refractivity contribution in [2.45, 2.75) is 58.5 Å². The minimum Gasteiger partial charge on any atom is -0.481 e. The second-order valence-electron chi connectivity index (χ2n) is 4.92. The Morgan fingerprint density at radius 3 is 2.29 bits per heavy atom. The fraction of sp³-hybridized carbons (Fsp3) is 0.923. The summed E-state index contributed by atoms with van der Waals surface area (Å²) in [7, 11) is 1.71. The van der Waals surface area contributed by atoms with Gasteiger partial charge >= 0.3 is 5.97 Å².